The molecule has 0 atom stereocenters. The summed E-state index contributed by atoms with van der Waals surface area (Å²) in [5.41, 5.74) is 6.76. The van der Waals surface area contributed by atoms with Crippen LogP contribution in [0.15, 0.2) is 72.8 Å². The summed E-state index contributed by atoms with van der Waals surface area (Å²) in [5.74, 6) is 0. The van der Waals surface area contributed by atoms with Gasteiger partial charge < -0.3 is 37.2 Å². The molecule has 0 radical (unpaired) electrons. The van der Waals surface area contributed by atoms with Gasteiger partial charge in [-0.05, 0) is 16.5 Å². The largest absolute Gasteiger partial charge is 4.00 e. The molecule has 0 heterocycles. The number of benzene rings is 2. The van der Waals surface area contributed by atoms with Gasteiger partial charge in [0, 0.05) is 5.41 Å². The molecule has 0 fully saturated rings. The van der Waals surface area contributed by atoms with Gasteiger partial charge in [0.25, 0.3) is 0 Å². The minimum absolute atomic E-state index is 0. The molecule has 4 heteroatoms. The fourth-order valence-electron chi connectivity index (χ4n) is 4.20. The summed E-state index contributed by atoms with van der Waals surface area (Å²) in [4.78, 5) is 0. The van der Waals surface area contributed by atoms with Gasteiger partial charge >= 0.3 is 21.7 Å². The van der Waals surface area contributed by atoms with E-state index in [4.69, 9.17) is 0 Å². The van der Waals surface area contributed by atoms with Gasteiger partial charge in [-0.3, -0.25) is 0 Å². The second kappa shape index (κ2) is 11.5. The average Bonchev–Trinajstić information content (AvgIpc) is 2.89. The van der Waals surface area contributed by atoms with Gasteiger partial charge in [-0.25, -0.2) is 6.07 Å². The Morgan fingerprint density at radius 2 is 1.04 bits per heavy atom. The molecule has 28 heavy (non-hydrogen) atoms. The second-order valence-corrected chi connectivity index (χ2v) is 7.79. The molecule has 0 bridgehead atoms. The Labute approximate surface area is 204 Å². The summed E-state index contributed by atoms with van der Waals surface area (Å²) in [5, 5.41) is 0. The zero-order chi connectivity index (χ0) is 17.4. The van der Waals surface area contributed by atoms with Crippen molar-refractivity contribution in [3.8, 4) is 0 Å². The van der Waals surface area contributed by atoms with E-state index >= 15 is 0 Å². The fourth-order valence-corrected chi connectivity index (χ4v) is 4.20. The van der Waals surface area contributed by atoms with Gasteiger partial charge in [0.2, 0.25) is 0 Å². The third-order valence-corrected chi connectivity index (χ3v) is 5.44. The SMILES string of the molecule is Cc1cc[c-](C(c2ccccc2)(c2ccccc2)C(C)(C)C)c1C.[Cl-].[Cl-].[Cl-].[Ti+4]. The topological polar surface area (TPSA) is 0 Å². The first-order valence-electron chi connectivity index (χ1n) is 8.73. The Kier molecular flexibility index (Phi) is 12.2. The van der Waals surface area contributed by atoms with E-state index in [2.05, 4.69) is 107 Å². The van der Waals surface area contributed by atoms with E-state index in [-0.39, 0.29) is 69.8 Å². The second-order valence-electron chi connectivity index (χ2n) is 7.79. The van der Waals surface area contributed by atoms with Gasteiger partial charge in [0.05, 0.1) is 0 Å². The van der Waals surface area contributed by atoms with Crippen LogP contribution in [0.25, 0.3) is 0 Å². The molecule has 0 saturated heterocycles. The standard InChI is InChI=1S/C24H27.3ClH.Ti/c1-18-16-17-22(19(18)2)24(23(3,4)5,20-12-8-6-9-13-20)21-14-10-7-11-15-21;;;;/h6-17H,1-5H3;3*1H;/q-1;;;;+4/p-3. The summed E-state index contributed by atoms with van der Waals surface area (Å²) in [6.07, 6.45) is 0. The number of hydrogen-bond acceptors (Lipinski definition) is 0. The number of hydrogen-bond donors (Lipinski definition) is 0. The zero-order valence-electron chi connectivity index (χ0n) is 17.1. The van der Waals surface area contributed by atoms with Crippen LogP contribution in [0.2, 0.25) is 0 Å². The van der Waals surface area contributed by atoms with Gasteiger partial charge in [0.15, 0.2) is 0 Å². The Hall–Kier alpha value is -0.626. The minimum Gasteiger partial charge on any atom is -1.00 e. The predicted octanol–water partition coefficient (Wildman–Crippen LogP) is -2.59. The first kappa shape index (κ1) is 29.6. The van der Waals surface area contributed by atoms with Gasteiger partial charge in [0.1, 0.15) is 0 Å². The number of rotatable bonds is 3. The van der Waals surface area contributed by atoms with Crippen LogP contribution in [-0.4, -0.2) is 0 Å². The number of aryl methyl sites for hydroxylation is 1. The molecule has 0 nitrogen and oxygen atoms in total. The minimum atomic E-state index is -0.173. The van der Waals surface area contributed by atoms with E-state index in [1.807, 2.05) is 0 Å². The molecule has 0 N–H and O–H groups in total. The van der Waals surface area contributed by atoms with Crippen molar-refractivity contribution in [3.63, 3.8) is 0 Å². The van der Waals surface area contributed by atoms with Crippen molar-refractivity contribution in [3.05, 3.63) is 101 Å². The Morgan fingerprint density at radius 3 is 1.32 bits per heavy atom. The Balaban J connectivity index is 0. The maximum absolute atomic E-state index is 2.36. The molecular formula is C24H27Cl3Ti. The van der Waals surface area contributed by atoms with Gasteiger partial charge in [-0.2, -0.15) is 17.2 Å². The molecule has 3 rings (SSSR count). The monoisotopic (exact) mass is 468 g/mol. The molecule has 3 aromatic rings. The third kappa shape index (κ3) is 4.92. The van der Waals surface area contributed by atoms with Crippen LogP contribution < -0.4 is 37.2 Å². The van der Waals surface area contributed by atoms with Crippen LogP contribution in [0.3, 0.4) is 0 Å². The smallest absolute Gasteiger partial charge is 1.00 e. The van der Waals surface area contributed by atoms with E-state index in [9.17, 15) is 0 Å². The zero-order valence-corrected chi connectivity index (χ0v) is 20.9. The van der Waals surface area contributed by atoms with Crippen molar-refractivity contribution in [2.45, 2.75) is 40.0 Å². The quantitative estimate of drug-likeness (QED) is 0.292. The molecule has 0 saturated carbocycles. The maximum atomic E-state index is 2.36. The molecule has 0 aromatic heterocycles. The molecule has 0 aliphatic rings. The maximum Gasteiger partial charge on any atom is 4.00 e. The number of halogens is 3. The van der Waals surface area contributed by atoms with Crippen LogP contribution in [0.1, 0.15) is 48.6 Å². The van der Waals surface area contributed by atoms with Crippen LogP contribution in [0, 0.1) is 19.3 Å². The first-order chi connectivity index (χ1) is 11.4. The van der Waals surface area contributed by atoms with Crippen LogP contribution >= 0.6 is 0 Å². The van der Waals surface area contributed by atoms with Crippen molar-refractivity contribution in [2.24, 2.45) is 5.41 Å². The van der Waals surface area contributed by atoms with E-state index < -0.39 is 0 Å². The molecular weight excluding hydrogens is 442 g/mol. The molecule has 3 aromatic carbocycles. The summed E-state index contributed by atoms with van der Waals surface area (Å²) in [6.45, 7) is 11.5. The van der Waals surface area contributed by atoms with Crippen LogP contribution in [0.5, 0.6) is 0 Å². The van der Waals surface area contributed by atoms with E-state index in [0.29, 0.717) is 0 Å². The van der Waals surface area contributed by atoms with E-state index in [0.717, 1.165) is 0 Å². The van der Waals surface area contributed by atoms with Crippen LogP contribution in [-0.2, 0) is 27.1 Å². The average molecular weight is 470 g/mol. The summed E-state index contributed by atoms with van der Waals surface area (Å²) >= 11 is 0. The summed E-state index contributed by atoms with van der Waals surface area (Å²) < 4.78 is 0. The fraction of sp³-hybridized carbons (Fsp3) is 0.292. The van der Waals surface area contributed by atoms with E-state index in [1.54, 1.807) is 0 Å². The molecule has 0 unspecified atom stereocenters. The van der Waals surface area contributed by atoms with Crippen molar-refractivity contribution in [2.75, 3.05) is 0 Å². The van der Waals surface area contributed by atoms with Crippen molar-refractivity contribution in [1.82, 2.24) is 0 Å². The van der Waals surface area contributed by atoms with Gasteiger partial charge in [-0.1, -0.05) is 95.3 Å². The molecule has 0 aliphatic carbocycles. The van der Waals surface area contributed by atoms with Crippen LogP contribution in [0.4, 0.5) is 0 Å². The third-order valence-electron chi connectivity index (χ3n) is 5.44. The van der Waals surface area contributed by atoms with E-state index in [1.165, 1.54) is 27.8 Å². The van der Waals surface area contributed by atoms with Gasteiger partial charge in [-0.15, -0.1) is 5.56 Å². The Morgan fingerprint density at radius 1 is 0.643 bits per heavy atom. The van der Waals surface area contributed by atoms with Crippen molar-refractivity contribution >= 4 is 0 Å². The molecule has 0 amide bonds. The van der Waals surface area contributed by atoms with Crippen molar-refractivity contribution in [1.29, 1.82) is 0 Å². The first-order valence-corrected chi connectivity index (χ1v) is 8.73. The summed E-state index contributed by atoms with van der Waals surface area (Å²) in [7, 11) is 0. The molecule has 0 aliphatic heterocycles. The summed E-state index contributed by atoms with van der Waals surface area (Å²) in [6, 6.07) is 26.5. The van der Waals surface area contributed by atoms with Crippen molar-refractivity contribution < 1.29 is 58.9 Å². The normalized spacial score (nSPS) is 10.6. The Bertz CT molecular complexity index is 779. The molecule has 0 spiro atoms. The molecule has 148 valence electrons. The predicted molar refractivity (Wildman–Crippen MR) is 104 cm³/mol.